The molecule has 0 fully saturated rings. The van der Waals surface area contributed by atoms with Gasteiger partial charge < -0.3 is 4.57 Å². The molecule has 0 bridgehead atoms. The van der Waals surface area contributed by atoms with Crippen molar-refractivity contribution in [3.63, 3.8) is 0 Å². The van der Waals surface area contributed by atoms with Crippen molar-refractivity contribution < 1.29 is 0 Å². The lowest BCUT2D eigenvalue weighted by Gasteiger charge is -1.98. The number of hydrogen-bond donors (Lipinski definition) is 0. The number of nitrogens with zero attached hydrogens (tertiary/aromatic N) is 2. The maximum absolute atomic E-state index is 8.67. The summed E-state index contributed by atoms with van der Waals surface area (Å²) in [4.78, 5) is 0. The zero-order valence-electron chi connectivity index (χ0n) is 9.42. The maximum atomic E-state index is 8.67. The molecule has 0 radical (unpaired) electrons. The highest BCUT2D eigenvalue weighted by atomic mass is 35.5. The molecule has 0 saturated carbocycles. The summed E-state index contributed by atoms with van der Waals surface area (Å²) in [5, 5.41) is 10.6. The van der Waals surface area contributed by atoms with Crippen LogP contribution in [0, 0.1) is 18.3 Å². The molecule has 2 rings (SSSR count). The highest BCUT2D eigenvalue weighted by Crippen LogP contribution is 2.28. The maximum Gasteiger partial charge on any atom is 0.0625 e. The summed E-state index contributed by atoms with van der Waals surface area (Å²) < 4.78 is 2.15. The van der Waals surface area contributed by atoms with E-state index in [2.05, 4.69) is 17.6 Å². The Labute approximate surface area is 100 Å². The van der Waals surface area contributed by atoms with Gasteiger partial charge in [-0.3, -0.25) is 0 Å². The van der Waals surface area contributed by atoms with Crippen LogP contribution in [0.3, 0.4) is 0 Å². The van der Waals surface area contributed by atoms with Gasteiger partial charge in [-0.25, -0.2) is 0 Å². The van der Waals surface area contributed by atoms with Crippen molar-refractivity contribution in [3.8, 4) is 6.07 Å². The summed E-state index contributed by atoms with van der Waals surface area (Å²) in [5.74, 6) is 0. The van der Waals surface area contributed by atoms with Crippen LogP contribution in [-0.4, -0.2) is 4.57 Å². The van der Waals surface area contributed by atoms with Crippen LogP contribution in [0.25, 0.3) is 10.9 Å². The molecular formula is C13H13ClN2. The minimum atomic E-state index is 0.548. The Morgan fingerprint density at radius 2 is 2.19 bits per heavy atom. The average molecular weight is 233 g/mol. The highest BCUT2D eigenvalue weighted by Gasteiger charge is 2.11. The van der Waals surface area contributed by atoms with E-state index in [1.54, 1.807) is 0 Å². The van der Waals surface area contributed by atoms with E-state index >= 15 is 0 Å². The first-order valence-corrected chi connectivity index (χ1v) is 5.63. The Bertz CT molecular complexity index is 576. The van der Waals surface area contributed by atoms with Crippen LogP contribution < -0.4 is 0 Å². The van der Waals surface area contributed by atoms with Crippen LogP contribution in [-0.2, 0) is 13.5 Å². The van der Waals surface area contributed by atoms with Gasteiger partial charge in [-0.15, -0.1) is 0 Å². The lowest BCUT2D eigenvalue weighted by atomic mass is 10.1. The minimum absolute atomic E-state index is 0.548. The van der Waals surface area contributed by atoms with Crippen LogP contribution in [0.1, 0.15) is 17.7 Å². The Morgan fingerprint density at radius 1 is 1.44 bits per heavy atom. The van der Waals surface area contributed by atoms with Crippen molar-refractivity contribution in [3.05, 3.63) is 34.5 Å². The standard InChI is InChI=1S/C13H13ClN2/c1-9-11(4-3-7-15)12-8-10(14)5-6-13(12)16(9)2/h5-6,8H,3-4H2,1-2H3. The average Bonchev–Trinajstić information content (AvgIpc) is 2.50. The normalized spacial score (nSPS) is 10.6. The second kappa shape index (κ2) is 4.19. The molecule has 0 spiro atoms. The summed E-state index contributed by atoms with van der Waals surface area (Å²) in [5.41, 5.74) is 3.63. The number of rotatable bonds is 2. The lowest BCUT2D eigenvalue weighted by Crippen LogP contribution is -1.92. The first-order valence-electron chi connectivity index (χ1n) is 5.25. The zero-order chi connectivity index (χ0) is 11.7. The Kier molecular flexibility index (Phi) is 2.89. The number of aryl methyl sites for hydroxylation is 2. The quantitative estimate of drug-likeness (QED) is 0.778. The van der Waals surface area contributed by atoms with Gasteiger partial charge in [-0.2, -0.15) is 5.26 Å². The molecular weight excluding hydrogens is 220 g/mol. The van der Waals surface area contributed by atoms with Gasteiger partial charge in [0.1, 0.15) is 0 Å². The molecule has 1 heterocycles. The van der Waals surface area contributed by atoms with Gasteiger partial charge >= 0.3 is 0 Å². The van der Waals surface area contributed by atoms with Gasteiger partial charge in [0.2, 0.25) is 0 Å². The first kappa shape index (κ1) is 11.0. The predicted molar refractivity (Wildman–Crippen MR) is 66.6 cm³/mol. The van der Waals surface area contributed by atoms with E-state index in [4.69, 9.17) is 16.9 Å². The molecule has 0 saturated heterocycles. The van der Waals surface area contributed by atoms with E-state index in [0.717, 1.165) is 11.4 Å². The van der Waals surface area contributed by atoms with E-state index in [9.17, 15) is 0 Å². The van der Waals surface area contributed by atoms with Gasteiger partial charge in [-0.1, -0.05) is 11.6 Å². The van der Waals surface area contributed by atoms with Gasteiger partial charge in [-0.05, 0) is 37.1 Å². The number of hydrogen-bond acceptors (Lipinski definition) is 1. The minimum Gasteiger partial charge on any atom is -0.348 e. The third-order valence-corrected chi connectivity index (χ3v) is 3.31. The predicted octanol–water partition coefficient (Wildman–Crippen LogP) is 3.60. The van der Waals surface area contributed by atoms with E-state index in [0.29, 0.717) is 6.42 Å². The third kappa shape index (κ3) is 1.68. The second-order valence-corrected chi connectivity index (χ2v) is 4.38. The molecule has 2 aromatic rings. The summed E-state index contributed by atoms with van der Waals surface area (Å²) in [6.45, 7) is 2.08. The number of benzene rings is 1. The molecule has 0 unspecified atom stereocenters. The molecule has 0 atom stereocenters. The molecule has 0 aliphatic rings. The van der Waals surface area contributed by atoms with Crippen LogP contribution in [0.4, 0.5) is 0 Å². The fourth-order valence-corrected chi connectivity index (χ4v) is 2.29. The van der Waals surface area contributed by atoms with E-state index in [1.807, 2.05) is 25.2 Å². The van der Waals surface area contributed by atoms with Gasteiger partial charge in [0.15, 0.2) is 0 Å². The van der Waals surface area contributed by atoms with Gasteiger partial charge in [0, 0.05) is 35.1 Å². The molecule has 82 valence electrons. The van der Waals surface area contributed by atoms with Crippen LogP contribution in [0.2, 0.25) is 5.02 Å². The number of nitriles is 1. The molecule has 0 amide bonds. The van der Waals surface area contributed by atoms with E-state index < -0.39 is 0 Å². The molecule has 16 heavy (non-hydrogen) atoms. The Balaban J connectivity index is 2.66. The van der Waals surface area contributed by atoms with Crippen molar-refractivity contribution in [2.45, 2.75) is 19.8 Å². The lowest BCUT2D eigenvalue weighted by molar-refractivity contribution is 0.888. The smallest absolute Gasteiger partial charge is 0.0625 e. The summed E-state index contributed by atoms with van der Waals surface area (Å²) >= 11 is 6.01. The Morgan fingerprint density at radius 3 is 2.88 bits per heavy atom. The molecule has 1 aromatic carbocycles. The van der Waals surface area contributed by atoms with E-state index in [-0.39, 0.29) is 0 Å². The van der Waals surface area contributed by atoms with Crippen molar-refractivity contribution in [2.24, 2.45) is 7.05 Å². The molecule has 0 aliphatic carbocycles. The van der Waals surface area contributed by atoms with Crippen LogP contribution >= 0.6 is 11.6 Å². The third-order valence-electron chi connectivity index (χ3n) is 3.07. The van der Waals surface area contributed by atoms with Crippen molar-refractivity contribution >= 4 is 22.5 Å². The molecule has 1 aromatic heterocycles. The summed E-state index contributed by atoms with van der Waals surface area (Å²) in [6, 6.07) is 8.10. The largest absolute Gasteiger partial charge is 0.348 e. The number of halogens is 1. The SMILES string of the molecule is Cc1c(CCC#N)c2cc(Cl)ccc2n1C. The number of fused-ring (bicyclic) bond motifs is 1. The second-order valence-electron chi connectivity index (χ2n) is 3.94. The zero-order valence-corrected chi connectivity index (χ0v) is 10.2. The Hall–Kier alpha value is -1.46. The van der Waals surface area contributed by atoms with Crippen molar-refractivity contribution in [1.82, 2.24) is 4.57 Å². The number of aromatic nitrogens is 1. The fourth-order valence-electron chi connectivity index (χ4n) is 2.12. The topological polar surface area (TPSA) is 28.7 Å². The highest BCUT2D eigenvalue weighted by molar-refractivity contribution is 6.31. The van der Waals surface area contributed by atoms with Crippen LogP contribution in [0.5, 0.6) is 0 Å². The van der Waals surface area contributed by atoms with Gasteiger partial charge in [0.05, 0.1) is 6.07 Å². The monoisotopic (exact) mass is 232 g/mol. The molecule has 0 aliphatic heterocycles. The molecule has 2 nitrogen and oxygen atoms in total. The molecule has 3 heteroatoms. The summed E-state index contributed by atoms with van der Waals surface area (Å²) in [6.07, 6.45) is 1.34. The van der Waals surface area contributed by atoms with Crippen molar-refractivity contribution in [1.29, 1.82) is 5.26 Å². The van der Waals surface area contributed by atoms with Crippen molar-refractivity contribution in [2.75, 3.05) is 0 Å². The summed E-state index contributed by atoms with van der Waals surface area (Å²) in [7, 11) is 2.04. The van der Waals surface area contributed by atoms with Crippen LogP contribution in [0.15, 0.2) is 18.2 Å². The fraction of sp³-hybridized carbons (Fsp3) is 0.308. The van der Waals surface area contributed by atoms with E-state index in [1.165, 1.54) is 22.2 Å². The van der Waals surface area contributed by atoms with Gasteiger partial charge in [0.25, 0.3) is 0 Å². The first-order chi connectivity index (χ1) is 7.65. The molecule has 0 N–H and O–H groups in total.